The number of sulfone groups is 1. The summed E-state index contributed by atoms with van der Waals surface area (Å²) in [5, 5.41) is 3.82. The van der Waals surface area contributed by atoms with Gasteiger partial charge < -0.3 is 15.1 Å². The molecule has 26 heavy (non-hydrogen) atoms. The lowest BCUT2D eigenvalue weighted by atomic mass is 10.3. The monoisotopic (exact) mass is 396 g/mol. The van der Waals surface area contributed by atoms with Crippen molar-refractivity contribution in [1.82, 2.24) is 10.6 Å². The van der Waals surface area contributed by atoms with Gasteiger partial charge in [0.2, 0.25) is 0 Å². The zero-order valence-corrected chi connectivity index (χ0v) is 15.2. The van der Waals surface area contributed by atoms with Crippen LogP contribution in [-0.2, 0) is 19.4 Å². The third-order valence-corrected chi connectivity index (χ3v) is 5.77. The smallest absolute Gasteiger partial charge is 0.309 e. The highest BCUT2D eigenvalue weighted by molar-refractivity contribution is 7.91. The number of rotatable bonds is 7. The molecule has 2 aromatic rings. The Morgan fingerprint density at radius 3 is 2.38 bits per heavy atom. The Labute approximate surface area is 155 Å². The van der Waals surface area contributed by atoms with Crippen molar-refractivity contribution < 1.29 is 22.4 Å². The van der Waals surface area contributed by atoms with E-state index in [0.29, 0.717) is 5.02 Å². The molecule has 1 atom stereocenters. The Balaban J connectivity index is 2.22. The van der Waals surface area contributed by atoms with Crippen LogP contribution in [-0.4, -0.2) is 33.3 Å². The molecule has 0 saturated heterocycles. The first-order valence-electron chi connectivity index (χ1n) is 7.56. The fourth-order valence-electron chi connectivity index (χ4n) is 2.14. The third kappa shape index (κ3) is 4.74. The molecule has 9 heteroatoms. The highest BCUT2D eigenvalue weighted by Crippen LogP contribution is 2.29. The van der Waals surface area contributed by atoms with E-state index in [9.17, 15) is 18.0 Å². The lowest BCUT2D eigenvalue weighted by molar-refractivity contribution is -0.139. The topological polar surface area (TPSA) is 105 Å². The largest absolute Gasteiger partial charge is 0.468 e. The lowest BCUT2D eigenvalue weighted by Crippen LogP contribution is -2.42. The highest BCUT2D eigenvalue weighted by Gasteiger charge is 2.32. The zero-order valence-electron chi connectivity index (χ0n) is 13.6. The lowest BCUT2D eigenvalue weighted by Gasteiger charge is -2.16. The van der Waals surface area contributed by atoms with Gasteiger partial charge in [0, 0.05) is 18.1 Å². The number of hydrogen-bond donors (Lipinski definition) is 2. The van der Waals surface area contributed by atoms with Gasteiger partial charge in [-0.3, -0.25) is 9.59 Å². The van der Waals surface area contributed by atoms with Gasteiger partial charge in [-0.25, -0.2) is 8.42 Å². The highest BCUT2D eigenvalue weighted by atomic mass is 35.5. The Kier molecular flexibility index (Phi) is 6.59. The maximum absolute atomic E-state index is 12.9. The molecule has 0 fully saturated rings. The van der Waals surface area contributed by atoms with Gasteiger partial charge in [-0.05, 0) is 36.4 Å². The second-order valence-electron chi connectivity index (χ2n) is 5.21. The van der Waals surface area contributed by atoms with Gasteiger partial charge in [0.05, 0.1) is 11.2 Å². The van der Waals surface area contributed by atoms with E-state index >= 15 is 0 Å². The summed E-state index contributed by atoms with van der Waals surface area (Å²) in [6, 6.07) is 8.67. The molecule has 2 rings (SSSR count). The number of carbonyl (C=O) groups is 2. The molecule has 2 amide bonds. The summed E-state index contributed by atoms with van der Waals surface area (Å²) in [4.78, 5) is 23.5. The number of halogens is 1. The van der Waals surface area contributed by atoms with E-state index in [0.717, 1.165) is 0 Å². The van der Waals surface area contributed by atoms with Gasteiger partial charge in [0.1, 0.15) is 11.0 Å². The summed E-state index contributed by atoms with van der Waals surface area (Å²) in [5.41, 5.74) is 0. The van der Waals surface area contributed by atoms with Crippen LogP contribution in [0, 0.1) is 0 Å². The first-order valence-corrected chi connectivity index (χ1v) is 9.48. The molecule has 0 aliphatic rings. The standard InChI is InChI=1S/C17H17ClN2O5S/c1-2-9-19-16(21)17(22)20-11-15(14-4-3-10-25-14)26(23,24)13-7-5-12(18)6-8-13/h2-8,10,15H,1,9,11H2,(H,19,21)(H,20,22). The summed E-state index contributed by atoms with van der Waals surface area (Å²) < 4.78 is 31.1. The number of furan rings is 1. The molecule has 138 valence electrons. The molecule has 0 bridgehead atoms. The first kappa shape index (κ1) is 19.7. The van der Waals surface area contributed by atoms with Crippen LogP contribution in [0.4, 0.5) is 0 Å². The number of nitrogens with one attached hydrogen (secondary N) is 2. The van der Waals surface area contributed by atoms with E-state index in [2.05, 4.69) is 17.2 Å². The Morgan fingerprint density at radius 2 is 1.81 bits per heavy atom. The van der Waals surface area contributed by atoms with Crippen molar-refractivity contribution in [3.8, 4) is 0 Å². The van der Waals surface area contributed by atoms with Crippen LogP contribution >= 0.6 is 11.6 Å². The van der Waals surface area contributed by atoms with E-state index in [1.807, 2.05) is 0 Å². The Hall–Kier alpha value is -2.58. The van der Waals surface area contributed by atoms with Gasteiger partial charge in [0.15, 0.2) is 9.84 Å². The number of benzene rings is 1. The summed E-state index contributed by atoms with van der Waals surface area (Å²) in [5.74, 6) is -1.69. The van der Waals surface area contributed by atoms with Crippen LogP contribution in [0.1, 0.15) is 11.0 Å². The molecule has 0 aliphatic carbocycles. The molecule has 2 N–H and O–H groups in total. The summed E-state index contributed by atoms with van der Waals surface area (Å²) in [6.07, 6.45) is 2.75. The van der Waals surface area contributed by atoms with Crippen LogP contribution in [0.3, 0.4) is 0 Å². The van der Waals surface area contributed by atoms with Gasteiger partial charge in [-0.2, -0.15) is 0 Å². The van der Waals surface area contributed by atoms with E-state index in [-0.39, 0.29) is 23.7 Å². The maximum Gasteiger partial charge on any atom is 0.309 e. The molecule has 0 spiro atoms. The molecule has 0 saturated carbocycles. The predicted octanol–water partition coefficient (Wildman–Crippen LogP) is 1.87. The van der Waals surface area contributed by atoms with Crippen molar-refractivity contribution in [1.29, 1.82) is 0 Å². The zero-order chi connectivity index (χ0) is 19.2. The minimum atomic E-state index is -3.89. The Morgan fingerprint density at radius 1 is 1.15 bits per heavy atom. The van der Waals surface area contributed by atoms with E-state index < -0.39 is 26.9 Å². The van der Waals surface area contributed by atoms with Crippen molar-refractivity contribution in [3.63, 3.8) is 0 Å². The minimum absolute atomic E-state index is 0.0219. The molecule has 1 aromatic heterocycles. The quantitative estimate of drug-likeness (QED) is 0.549. The van der Waals surface area contributed by atoms with Crippen LogP contribution in [0.5, 0.6) is 0 Å². The normalized spacial score (nSPS) is 12.2. The summed E-state index contributed by atoms with van der Waals surface area (Å²) in [7, 11) is -3.89. The van der Waals surface area contributed by atoms with Crippen LogP contribution in [0.2, 0.25) is 5.02 Å². The average Bonchev–Trinajstić information content (AvgIpc) is 3.14. The van der Waals surface area contributed by atoms with Gasteiger partial charge in [0.25, 0.3) is 0 Å². The predicted molar refractivity (Wildman–Crippen MR) is 96.3 cm³/mol. The van der Waals surface area contributed by atoms with Crippen LogP contribution in [0.15, 0.2) is 64.6 Å². The summed E-state index contributed by atoms with van der Waals surface area (Å²) >= 11 is 5.80. The van der Waals surface area contributed by atoms with Crippen molar-refractivity contribution in [3.05, 3.63) is 66.1 Å². The molecular weight excluding hydrogens is 380 g/mol. The molecule has 1 heterocycles. The second kappa shape index (κ2) is 8.68. The number of hydrogen-bond acceptors (Lipinski definition) is 5. The molecule has 0 aliphatic heterocycles. The summed E-state index contributed by atoms with van der Waals surface area (Å²) in [6.45, 7) is 3.21. The number of amides is 2. The Bertz CT molecular complexity index is 876. The first-order chi connectivity index (χ1) is 12.4. The molecular formula is C17H17ClN2O5S. The van der Waals surface area contributed by atoms with E-state index in [1.165, 1.54) is 42.7 Å². The van der Waals surface area contributed by atoms with E-state index in [4.69, 9.17) is 16.0 Å². The van der Waals surface area contributed by atoms with Crippen molar-refractivity contribution in [2.75, 3.05) is 13.1 Å². The fourth-order valence-corrected chi connectivity index (χ4v) is 3.85. The SMILES string of the molecule is C=CCNC(=O)C(=O)NCC(c1ccco1)S(=O)(=O)c1ccc(Cl)cc1. The maximum atomic E-state index is 12.9. The minimum Gasteiger partial charge on any atom is -0.468 e. The molecule has 7 nitrogen and oxygen atoms in total. The average molecular weight is 397 g/mol. The molecule has 1 unspecified atom stereocenters. The fraction of sp³-hybridized carbons (Fsp3) is 0.176. The second-order valence-corrected chi connectivity index (χ2v) is 7.78. The van der Waals surface area contributed by atoms with Crippen molar-refractivity contribution in [2.45, 2.75) is 10.1 Å². The van der Waals surface area contributed by atoms with E-state index in [1.54, 1.807) is 6.07 Å². The van der Waals surface area contributed by atoms with Crippen LogP contribution < -0.4 is 10.6 Å². The van der Waals surface area contributed by atoms with Gasteiger partial charge >= 0.3 is 11.8 Å². The molecule has 1 aromatic carbocycles. The van der Waals surface area contributed by atoms with Gasteiger partial charge in [-0.15, -0.1) is 6.58 Å². The van der Waals surface area contributed by atoms with Crippen molar-refractivity contribution >= 4 is 33.3 Å². The van der Waals surface area contributed by atoms with Crippen molar-refractivity contribution in [2.24, 2.45) is 0 Å². The van der Waals surface area contributed by atoms with Gasteiger partial charge in [-0.1, -0.05) is 17.7 Å². The molecule has 0 radical (unpaired) electrons. The van der Waals surface area contributed by atoms with Crippen LogP contribution in [0.25, 0.3) is 0 Å². The number of carbonyl (C=O) groups excluding carboxylic acids is 2. The third-order valence-electron chi connectivity index (χ3n) is 3.44.